The molecule has 6 nitrogen and oxygen atoms in total. The summed E-state index contributed by atoms with van der Waals surface area (Å²) in [7, 11) is 0. The van der Waals surface area contributed by atoms with Crippen molar-refractivity contribution in [2.45, 2.75) is 33.8 Å². The average Bonchev–Trinajstić information content (AvgIpc) is 2.66. The highest BCUT2D eigenvalue weighted by atomic mass is 16.5. The van der Waals surface area contributed by atoms with Crippen molar-refractivity contribution in [1.29, 1.82) is 0 Å². The van der Waals surface area contributed by atoms with Crippen molar-refractivity contribution in [3.63, 3.8) is 0 Å². The fourth-order valence-electron chi connectivity index (χ4n) is 2.41. The molecule has 0 aliphatic carbocycles. The summed E-state index contributed by atoms with van der Waals surface area (Å²) in [6, 6.07) is 13.9. The number of carbonyl (C=O) groups excluding carboxylic acids is 3. The predicted octanol–water partition coefficient (Wildman–Crippen LogP) is 3.60. The first-order chi connectivity index (χ1) is 13.3. The van der Waals surface area contributed by atoms with Crippen LogP contribution in [0.15, 0.2) is 48.5 Å². The minimum Gasteiger partial charge on any atom is -0.449 e. The van der Waals surface area contributed by atoms with Gasteiger partial charge >= 0.3 is 11.9 Å². The highest BCUT2D eigenvalue weighted by Crippen LogP contribution is 2.23. The number of ether oxygens (including phenoxy) is 2. The Balaban J connectivity index is 1.98. The van der Waals surface area contributed by atoms with E-state index in [9.17, 15) is 14.4 Å². The van der Waals surface area contributed by atoms with E-state index in [1.54, 1.807) is 43.3 Å². The maximum absolute atomic E-state index is 12.2. The molecule has 6 heteroatoms. The Morgan fingerprint density at radius 2 is 1.43 bits per heavy atom. The van der Waals surface area contributed by atoms with E-state index in [0.717, 1.165) is 11.1 Å². The molecule has 0 bridgehead atoms. The molecule has 0 aliphatic heterocycles. The van der Waals surface area contributed by atoms with Crippen molar-refractivity contribution in [3.8, 4) is 16.9 Å². The normalized spacial score (nSPS) is 11.6. The van der Waals surface area contributed by atoms with Gasteiger partial charge in [0.15, 0.2) is 6.10 Å². The van der Waals surface area contributed by atoms with Gasteiger partial charge in [-0.2, -0.15) is 0 Å². The van der Waals surface area contributed by atoms with Gasteiger partial charge in [-0.3, -0.25) is 9.59 Å². The molecular weight excluding hydrogens is 358 g/mol. The average molecular weight is 383 g/mol. The third-order valence-corrected chi connectivity index (χ3v) is 3.91. The van der Waals surface area contributed by atoms with Crippen molar-refractivity contribution in [2.75, 3.05) is 6.54 Å². The van der Waals surface area contributed by atoms with E-state index in [1.165, 1.54) is 6.92 Å². The van der Waals surface area contributed by atoms with E-state index in [1.807, 2.05) is 26.0 Å². The molecule has 0 fully saturated rings. The van der Waals surface area contributed by atoms with Gasteiger partial charge < -0.3 is 14.8 Å². The van der Waals surface area contributed by atoms with Gasteiger partial charge in [0.25, 0.3) is 5.91 Å². The van der Waals surface area contributed by atoms with E-state index in [-0.39, 0.29) is 11.9 Å². The lowest BCUT2D eigenvalue weighted by molar-refractivity contribution is -0.132. The van der Waals surface area contributed by atoms with Crippen LogP contribution in [0.1, 0.15) is 38.1 Å². The highest BCUT2D eigenvalue weighted by Gasteiger charge is 2.18. The number of rotatable bonds is 7. The number of nitrogens with one attached hydrogen (secondary N) is 1. The fourth-order valence-corrected chi connectivity index (χ4v) is 2.41. The van der Waals surface area contributed by atoms with Crippen molar-refractivity contribution in [3.05, 3.63) is 54.1 Å². The van der Waals surface area contributed by atoms with Crippen LogP contribution < -0.4 is 10.1 Å². The van der Waals surface area contributed by atoms with Gasteiger partial charge in [0.1, 0.15) is 5.75 Å². The number of carbonyl (C=O) groups is 3. The van der Waals surface area contributed by atoms with Crippen molar-refractivity contribution in [1.82, 2.24) is 5.32 Å². The number of esters is 2. The van der Waals surface area contributed by atoms with E-state index in [4.69, 9.17) is 9.47 Å². The lowest BCUT2D eigenvalue weighted by Gasteiger charge is -2.14. The Morgan fingerprint density at radius 3 is 1.93 bits per heavy atom. The summed E-state index contributed by atoms with van der Waals surface area (Å²) in [4.78, 5) is 35.1. The molecular formula is C22H25NO5. The first kappa shape index (κ1) is 21.2. The van der Waals surface area contributed by atoms with Gasteiger partial charge in [0.05, 0.1) is 5.56 Å². The Kier molecular flexibility index (Phi) is 7.32. The van der Waals surface area contributed by atoms with Gasteiger partial charge in [-0.15, -0.1) is 0 Å². The van der Waals surface area contributed by atoms with Gasteiger partial charge in [-0.25, -0.2) is 4.79 Å². The minimum atomic E-state index is -0.861. The first-order valence-electron chi connectivity index (χ1n) is 9.14. The summed E-state index contributed by atoms with van der Waals surface area (Å²) in [5.41, 5.74) is 2.18. The zero-order valence-corrected chi connectivity index (χ0v) is 16.5. The number of amides is 1. The standard InChI is InChI=1S/C22H25NO5/c1-14(2)13-23-21(25)15(3)27-22(26)19-7-5-17(6-8-19)18-9-11-20(12-10-18)28-16(4)24/h5-12,14-15H,13H2,1-4H3,(H,23,25). The second-order valence-corrected chi connectivity index (χ2v) is 6.88. The minimum absolute atomic E-state index is 0.313. The molecule has 0 spiro atoms. The van der Waals surface area contributed by atoms with Crippen LogP contribution in [0.3, 0.4) is 0 Å². The fraction of sp³-hybridized carbons (Fsp3) is 0.318. The Morgan fingerprint density at radius 1 is 0.893 bits per heavy atom. The molecule has 148 valence electrons. The van der Waals surface area contributed by atoms with Crippen LogP contribution >= 0.6 is 0 Å². The van der Waals surface area contributed by atoms with E-state index >= 15 is 0 Å². The largest absolute Gasteiger partial charge is 0.449 e. The molecule has 1 N–H and O–H groups in total. The summed E-state index contributed by atoms with van der Waals surface area (Å²) in [5.74, 6) is -0.443. The van der Waals surface area contributed by atoms with Gasteiger partial charge in [-0.05, 0) is 48.2 Å². The Hall–Kier alpha value is -3.15. The maximum atomic E-state index is 12.2. The van der Waals surface area contributed by atoms with E-state index in [0.29, 0.717) is 23.8 Å². The smallest absolute Gasteiger partial charge is 0.338 e. The molecule has 0 heterocycles. The second kappa shape index (κ2) is 9.69. The molecule has 2 aromatic carbocycles. The van der Waals surface area contributed by atoms with Crippen LogP contribution in [0.25, 0.3) is 11.1 Å². The molecule has 1 atom stereocenters. The van der Waals surface area contributed by atoms with Crippen molar-refractivity contribution < 1.29 is 23.9 Å². The summed E-state index contributed by atoms with van der Waals surface area (Å²) >= 11 is 0. The SMILES string of the molecule is CC(=O)Oc1ccc(-c2ccc(C(=O)OC(C)C(=O)NCC(C)C)cc2)cc1. The third kappa shape index (κ3) is 6.23. The van der Waals surface area contributed by atoms with Crippen LogP contribution in [-0.2, 0) is 14.3 Å². The Labute approximate surface area is 164 Å². The summed E-state index contributed by atoms with van der Waals surface area (Å²) in [6.45, 7) is 7.41. The van der Waals surface area contributed by atoms with Crippen LogP contribution in [0.2, 0.25) is 0 Å². The van der Waals surface area contributed by atoms with Crippen molar-refractivity contribution in [2.24, 2.45) is 5.92 Å². The molecule has 0 saturated heterocycles. The molecule has 0 aromatic heterocycles. The van der Waals surface area contributed by atoms with Crippen molar-refractivity contribution >= 4 is 17.8 Å². The van der Waals surface area contributed by atoms with Crippen LogP contribution in [0, 0.1) is 5.92 Å². The molecule has 1 amide bonds. The van der Waals surface area contributed by atoms with E-state index in [2.05, 4.69) is 5.32 Å². The molecule has 0 radical (unpaired) electrons. The number of hydrogen-bond acceptors (Lipinski definition) is 5. The molecule has 0 aliphatic rings. The predicted molar refractivity (Wildman–Crippen MR) is 106 cm³/mol. The summed E-state index contributed by atoms with van der Waals surface area (Å²) in [6.07, 6.45) is -0.861. The van der Waals surface area contributed by atoms with E-state index < -0.39 is 12.1 Å². The molecule has 28 heavy (non-hydrogen) atoms. The first-order valence-corrected chi connectivity index (χ1v) is 9.14. The van der Waals surface area contributed by atoms with Crippen LogP contribution in [-0.4, -0.2) is 30.5 Å². The second-order valence-electron chi connectivity index (χ2n) is 6.88. The Bertz CT molecular complexity index is 825. The van der Waals surface area contributed by atoms with Crippen LogP contribution in [0.4, 0.5) is 0 Å². The van der Waals surface area contributed by atoms with Gasteiger partial charge in [-0.1, -0.05) is 38.1 Å². The number of benzene rings is 2. The van der Waals surface area contributed by atoms with Gasteiger partial charge in [0.2, 0.25) is 0 Å². The topological polar surface area (TPSA) is 81.7 Å². The number of hydrogen-bond donors (Lipinski definition) is 1. The lowest BCUT2D eigenvalue weighted by Crippen LogP contribution is -2.37. The summed E-state index contributed by atoms with van der Waals surface area (Å²) in [5, 5.41) is 2.74. The van der Waals surface area contributed by atoms with Crippen LogP contribution in [0.5, 0.6) is 5.75 Å². The molecule has 1 unspecified atom stereocenters. The quantitative estimate of drug-likeness (QED) is 0.584. The maximum Gasteiger partial charge on any atom is 0.338 e. The molecule has 2 aromatic rings. The molecule has 2 rings (SSSR count). The summed E-state index contributed by atoms with van der Waals surface area (Å²) < 4.78 is 10.2. The zero-order valence-electron chi connectivity index (χ0n) is 16.5. The monoisotopic (exact) mass is 383 g/mol. The van der Waals surface area contributed by atoms with Gasteiger partial charge in [0, 0.05) is 13.5 Å². The lowest BCUT2D eigenvalue weighted by atomic mass is 10.0. The zero-order chi connectivity index (χ0) is 20.7. The molecule has 0 saturated carbocycles. The third-order valence-electron chi connectivity index (χ3n) is 3.91. The highest BCUT2D eigenvalue weighted by molar-refractivity contribution is 5.92.